The highest BCUT2D eigenvalue weighted by molar-refractivity contribution is 6.39. The van der Waals surface area contributed by atoms with Gasteiger partial charge in [0.25, 0.3) is 0 Å². The molecule has 25 heavy (non-hydrogen) atoms. The maximum absolute atomic E-state index is 12.1. The van der Waals surface area contributed by atoms with Gasteiger partial charge in [-0.15, -0.1) is 0 Å². The smallest absolute Gasteiger partial charge is 0.313 e. The Morgan fingerprint density at radius 2 is 1.80 bits per heavy atom. The Morgan fingerprint density at radius 3 is 2.48 bits per heavy atom. The molecule has 2 aliphatic rings. The Balaban J connectivity index is 1.48. The van der Waals surface area contributed by atoms with Gasteiger partial charge in [0.05, 0.1) is 6.61 Å². The van der Waals surface area contributed by atoms with E-state index in [4.69, 9.17) is 9.47 Å². The van der Waals surface area contributed by atoms with Crippen LogP contribution >= 0.6 is 0 Å². The number of nitrogens with one attached hydrogen (secondary N) is 2. The van der Waals surface area contributed by atoms with Gasteiger partial charge in [0.2, 0.25) is 0 Å². The van der Waals surface area contributed by atoms with Gasteiger partial charge in [0.1, 0.15) is 6.10 Å². The van der Waals surface area contributed by atoms with Crippen LogP contribution in [-0.4, -0.2) is 36.9 Å². The molecular weight excluding hydrogens is 320 g/mol. The van der Waals surface area contributed by atoms with E-state index in [0.717, 1.165) is 36.8 Å². The highest BCUT2D eigenvalue weighted by Crippen LogP contribution is 2.37. The van der Waals surface area contributed by atoms with Gasteiger partial charge in [-0.3, -0.25) is 9.59 Å². The largest absolute Gasteiger partial charge is 0.347 e. The molecule has 0 unspecified atom stereocenters. The zero-order valence-electron chi connectivity index (χ0n) is 14.9. The number of carbonyl (C=O) groups is 2. The first-order chi connectivity index (χ1) is 12.0. The van der Waals surface area contributed by atoms with Crippen molar-refractivity contribution in [3.8, 4) is 0 Å². The van der Waals surface area contributed by atoms with E-state index >= 15 is 0 Å². The van der Waals surface area contributed by atoms with Crippen LogP contribution < -0.4 is 10.6 Å². The van der Waals surface area contributed by atoms with Gasteiger partial charge in [-0.2, -0.15) is 0 Å². The molecule has 6 heteroatoms. The van der Waals surface area contributed by atoms with E-state index in [9.17, 15) is 9.59 Å². The summed E-state index contributed by atoms with van der Waals surface area (Å²) in [6, 6.07) is 5.71. The first kappa shape index (κ1) is 17.9. The summed E-state index contributed by atoms with van der Waals surface area (Å²) in [4.78, 5) is 24.2. The molecule has 1 saturated heterocycles. The molecular formula is C19H26N2O4. The first-order valence-electron chi connectivity index (χ1n) is 8.96. The SMILES string of the molecule is Cc1cccc(C)c1NC(=O)C(=O)NC[C@H]1COC2(CCCCC2)O1. The summed E-state index contributed by atoms with van der Waals surface area (Å²) in [5, 5.41) is 5.34. The maximum Gasteiger partial charge on any atom is 0.313 e. The van der Waals surface area contributed by atoms with Gasteiger partial charge in [-0.25, -0.2) is 0 Å². The van der Waals surface area contributed by atoms with E-state index < -0.39 is 17.6 Å². The molecule has 136 valence electrons. The Kier molecular flexibility index (Phi) is 5.39. The van der Waals surface area contributed by atoms with E-state index in [2.05, 4.69) is 10.6 Å². The lowest BCUT2D eigenvalue weighted by atomic mass is 9.94. The number of para-hydroxylation sites is 1. The molecule has 1 spiro atoms. The summed E-state index contributed by atoms with van der Waals surface area (Å²) < 4.78 is 11.8. The average molecular weight is 346 g/mol. The average Bonchev–Trinajstić information content (AvgIpc) is 2.99. The summed E-state index contributed by atoms with van der Waals surface area (Å²) in [6.45, 7) is 4.53. The third kappa shape index (κ3) is 4.19. The number of aryl methyl sites for hydroxylation is 2. The molecule has 1 aliphatic carbocycles. The van der Waals surface area contributed by atoms with Crippen molar-refractivity contribution >= 4 is 17.5 Å². The molecule has 1 heterocycles. The Labute approximate surface area is 148 Å². The van der Waals surface area contributed by atoms with Crippen LogP contribution in [0, 0.1) is 13.8 Å². The van der Waals surface area contributed by atoms with Gasteiger partial charge in [0, 0.05) is 25.1 Å². The second kappa shape index (κ2) is 7.54. The van der Waals surface area contributed by atoms with Gasteiger partial charge >= 0.3 is 11.8 Å². The zero-order chi connectivity index (χ0) is 17.9. The molecule has 2 amide bonds. The summed E-state index contributed by atoms with van der Waals surface area (Å²) in [7, 11) is 0. The van der Waals surface area contributed by atoms with Crippen molar-refractivity contribution in [2.75, 3.05) is 18.5 Å². The van der Waals surface area contributed by atoms with Crippen molar-refractivity contribution in [2.24, 2.45) is 0 Å². The van der Waals surface area contributed by atoms with Crippen molar-refractivity contribution in [3.63, 3.8) is 0 Å². The maximum atomic E-state index is 12.1. The third-order valence-electron chi connectivity index (χ3n) is 4.95. The number of amides is 2. The van der Waals surface area contributed by atoms with E-state index in [0.29, 0.717) is 12.3 Å². The monoisotopic (exact) mass is 346 g/mol. The van der Waals surface area contributed by atoms with Crippen molar-refractivity contribution in [3.05, 3.63) is 29.3 Å². The number of hydrogen-bond donors (Lipinski definition) is 2. The lowest BCUT2D eigenvalue weighted by Crippen LogP contribution is -2.41. The molecule has 0 aromatic heterocycles. The minimum Gasteiger partial charge on any atom is -0.347 e. The van der Waals surface area contributed by atoms with Crippen LogP contribution in [0.1, 0.15) is 43.2 Å². The highest BCUT2D eigenvalue weighted by atomic mass is 16.7. The predicted molar refractivity (Wildman–Crippen MR) is 94.2 cm³/mol. The number of carbonyl (C=O) groups excluding carboxylic acids is 2. The minimum atomic E-state index is -0.663. The fourth-order valence-electron chi connectivity index (χ4n) is 3.54. The van der Waals surface area contributed by atoms with E-state index in [1.165, 1.54) is 6.42 Å². The van der Waals surface area contributed by atoms with Crippen LogP contribution in [0.5, 0.6) is 0 Å². The van der Waals surface area contributed by atoms with Gasteiger partial charge in [0.15, 0.2) is 5.79 Å². The standard InChI is InChI=1S/C19H26N2O4/c1-13-7-6-8-14(2)16(13)21-18(23)17(22)20-11-15-12-24-19(25-15)9-4-3-5-10-19/h6-8,15H,3-5,9-12H2,1-2H3,(H,20,22)(H,21,23)/t15-/m0/s1. The van der Waals surface area contributed by atoms with Crippen LogP contribution in [-0.2, 0) is 19.1 Å². The molecule has 1 aliphatic heterocycles. The molecule has 1 aromatic carbocycles. The van der Waals surface area contributed by atoms with Crippen LogP contribution in [0.25, 0.3) is 0 Å². The topological polar surface area (TPSA) is 76.7 Å². The highest BCUT2D eigenvalue weighted by Gasteiger charge is 2.42. The molecule has 6 nitrogen and oxygen atoms in total. The van der Waals surface area contributed by atoms with Crippen LogP contribution in [0.2, 0.25) is 0 Å². The molecule has 0 bridgehead atoms. The minimum absolute atomic E-state index is 0.199. The number of ether oxygens (including phenoxy) is 2. The van der Waals surface area contributed by atoms with E-state index in [1.807, 2.05) is 32.0 Å². The Bertz CT molecular complexity index is 633. The summed E-state index contributed by atoms with van der Waals surface area (Å²) >= 11 is 0. The zero-order valence-corrected chi connectivity index (χ0v) is 14.9. The molecule has 2 N–H and O–H groups in total. The van der Waals surface area contributed by atoms with E-state index in [1.54, 1.807) is 0 Å². The normalized spacial score (nSPS) is 21.9. The van der Waals surface area contributed by atoms with Crippen LogP contribution in [0.15, 0.2) is 18.2 Å². The number of hydrogen-bond acceptors (Lipinski definition) is 4. The summed E-state index contributed by atoms with van der Waals surface area (Å²) in [5.74, 6) is -1.78. The van der Waals surface area contributed by atoms with Crippen molar-refractivity contribution in [1.29, 1.82) is 0 Å². The van der Waals surface area contributed by atoms with Gasteiger partial charge < -0.3 is 20.1 Å². The van der Waals surface area contributed by atoms with Crippen molar-refractivity contribution in [1.82, 2.24) is 5.32 Å². The second-order valence-corrected chi connectivity index (χ2v) is 6.95. The summed E-state index contributed by atoms with van der Waals surface area (Å²) in [5.41, 5.74) is 2.53. The van der Waals surface area contributed by atoms with Crippen molar-refractivity contribution in [2.45, 2.75) is 57.8 Å². The van der Waals surface area contributed by atoms with Crippen LogP contribution in [0.3, 0.4) is 0 Å². The number of anilines is 1. The second-order valence-electron chi connectivity index (χ2n) is 6.95. The predicted octanol–water partition coefficient (Wildman–Crippen LogP) is 2.43. The fourth-order valence-corrected chi connectivity index (χ4v) is 3.54. The molecule has 2 fully saturated rings. The van der Waals surface area contributed by atoms with Crippen molar-refractivity contribution < 1.29 is 19.1 Å². The van der Waals surface area contributed by atoms with Gasteiger partial charge in [-0.1, -0.05) is 24.6 Å². The molecule has 1 aromatic rings. The lowest BCUT2D eigenvalue weighted by molar-refractivity contribution is -0.186. The molecule has 1 atom stereocenters. The van der Waals surface area contributed by atoms with Crippen LogP contribution in [0.4, 0.5) is 5.69 Å². The third-order valence-corrected chi connectivity index (χ3v) is 4.95. The van der Waals surface area contributed by atoms with Gasteiger partial charge in [-0.05, 0) is 37.8 Å². The van der Waals surface area contributed by atoms with E-state index in [-0.39, 0.29) is 12.6 Å². The Morgan fingerprint density at radius 1 is 1.12 bits per heavy atom. The number of benzene rings is 1. The molecule has 1 saturated carbocycles. The Hall–Kier alpha value is -1.92. The quantitative estimate of drug-likeness (QED) is 0.824. The fraction of sp³-hybridized carbons (Fsp3) is 0.579. The molecule has 0 radical (unpaired) electrons. The molecule has 3 rings (SSSR count). The lowest BCUT2D eigenvalue weighted by Gasteiger charge is -2.31. The summed E-state index contributed by atoms with van der Waals surface area (Å²) in [6.07, 6.45) is 5.05. The first-order valence-corrected chi connectivity index (χ1v) is 8.96. The number of rotatable bonds is 3.